The largest absolute Gasteiger partial charge is 0.460 e. The summed E-state index contributed by atoms with van der Waals surface area (Å²) in [6, 6.07) is 16.3. The SMILES string of the molecule is [N-]=[N+]=N[C@H](C(=O)OCc1ccccc1)[C@@H](O)c1ccccc1. The van der Waals surface area contributed by atoms with Gasteiger partial charge in [0.05, 0.1) is 6.10 Å². The number of aliphatic hydroxyl groups is 1. The van der Waals surface area contributed by atoms with Crippen molar-refractivity contribution in [2.45, 2.75) is 18.8 Å². The van der Waals surface area contributed by atoms with Crippen molar-refractivity contribution >= 4 is 5.97 Å². The van der Waals surface area contributed by atoms with Gasteiger partial charge in [-0.15, -0.1) is 0 Å². The van der Waals surface area contributed by atoms with Crippen molar-refractivity contribution in [3.8, 4) is 0 Å². The monoisotopic (exact) mass is 297 g/mol. The van der Waals surface area contributed by atoms with E-state index in [1.54, 1.807) is 30.3 Å². The van der Waals surface area contributed by atoms with E-state index in [0.29, 0.717) is 5.56 Å². The first-order valence-corrected chi connectivity index (χ1v) is 6.70. The Morgan fingerprint density at radius 3 is 2.32 bits per heavy atom. The van der Waals surface area contributed by atoms with Crippen LogP contribution in [0.5, 0.6) is 0 Å². The molecule has 2 aromatic carbocycles. The minimum atomic E-state index is -1.32. The van der Waals surface area contributed by atoms with Crippen LogP contribution < -0.4 is 0 Å². The zero-order valence-electron chi connectivity index (χ0n) is 11.7. The van der Waals surface area contributed by atoms with Crippen LogP contribution in [0.25, 0.3) is 10.4 Å². The molecule has 22 heavy (non-hydrogen) atoms. The molecule has 0 radical (unpaired) electrons. The van der Waals surface area contributed by atoms with Crippen LogP contribution in [0.4, 0.5) is 0 Å². The Balaban J connectivity index is 2.07. The number of benzene rings is 2. The van der Waals surface area contributed by atoms with Gasteiger partial charge in [-0.25, -0.2) is 0 Å². The molecular formula is C16H15N3O3. The van der Waals surface area contributed by atoms with Gasteiger partial charge in [-0.2, -0.15) is 0 Å². The average Bonchev–Trinajstić information content (AvgIpc) is 2.58. The molecule has 2 atom stereocenters. The van der Waals surface area contributed by atoms with E-state index in [9.17, 15) is 9.90 Å². The number of nitrogens with zero attached hydrogens (tertiary/aromatic N) is 3. The van der Waals surface area contributed by atoms with Crippen LogP contribution in [0.2, 0.25) is 0 Å². The summed E-state index contributed by atoms with van der Waals surface area (Å²) >= 11 is 0. The Labute approximate surface area is 127 Å². The van der Waals surface area contributed by atoms with Gasteiger partial charge < -0.3 is 9.84 Å². The first-order chi connectivity index (χ1) is 10.7. The summed E-state index contributed by atoms with van der Waals surface area (Å²) in [5.74, 6) is -0.766. The number of carbonyl (C=O) groups is 1. The first-order valence-electron chi connectivity index (χ1n) is 6.70. The number of ether oxygens (including phenoxy) is 1. The summed E-state index contributed by atoms with van der Waals surface area (Å²) in [4.78, 5) is 14.7. The highest BCUT2D eigenvalue weighted by atomic mass is 16.5. The van der Waals surface area contributed by atoms with E-state index >= 15 is 0 Å². The lowest BCUT2D eigenvalue weighted by Crippen LogP contribution is -2.28. The molecule has 0 aromatic heterocycles. The van der Waals surface area contributed by atoms with Crippen LogP contribution in [0, 0.1) is 0 Å². The second kappa shape index (κ2) is 7.83. The van der Waals surface area contributed by atoms with Gasteiger partial charge in [0.15, 0.2) is 6.04 Å². The van der Waals surface area contributed by atoms with E-state index in [-0.39, 0.29) is 6.61 Å². The molecule has 0 fully saturated rings. The van der Waals surface area contributed by atoms with Crippen LogP contribution in [0.15, 0.2) is 65.8 Å². The summed E-state index contributed by atoms with van der Waals surface area (Å²) in [6.45, 7) is 0.0542. The van der Waals surface area contributed by atoms with Crippen molar-refractivity contribution in [1.29, 1.82) is 0 Å². The number of azide groups is 1. The Bertz CT molecular complexity index is 655. The highest BCUT2D eigenvalue weighted by Crippen LogP contribution is 2.20. The smallest absolute Gasteiger partial charge is 0.318 e. The molecule has 0 saturated carbocycles. The summed E-state index contributed by atoms with van der Waals surface area (Å²) < 4.78 is 5.12. The highest BCUT2D eigenvalue weighted by Gasteiger charge is 2.28. The Hall–Kier alpha value is -2.82. The minimum absolute atomic E-state index is 0.0542. The van der Waals surface area contributed by atoms with Crippen molar-refractivity contribution in [2.75, 3.05) is 0 Å². The summed E-state index contributed by atoms with van der Waals surface area (Å²) in [7, 11) is 0. The van der Waals surface area contributed by atoms with E-state index < -0.39 is 18.1 Å². The van der Waals surface area contributed by atoms with Crippen molar-refractivity contribution in [1.82, 2.24) is 0 Å². The average molecular weight is 297 g/mol. The van der Waals surface area contributed by atoms with Crippen molar-refractivity contribution in [3.63, 3.8) is 0 Å². The lowest BCUT2D eigenvalue weighted by molar-refractivity contribution is -0.149. The molecule has 2 rings (SSSR count). The summed E-state index contributed by atoms with van der Waals surface area (Å²) in [5.41, 5.74) is 9.90. The predicted molar refractivity (Wildman–Crippen MR) is 80.6 cm³/mol. The molecule has 0 aliphatic carbocycles. The predicted octanol–water partition coefficient (Wildman–Crippen LogP) is 3.14. The van der Waals surface area contributed by atoms with Crippen LogP contribution >= 0.6 is 0 Å². The number of carbonyl (C=O) groups excluding carboxylic acids is 1. The molecular weight excluding hydrogens is 282 g/mol. The topological polar surface area (TPSA) is 95.3 Å². The van der Waals surface area contributed by atoms with E-state index in [4.69, 9.17) is 10.3 Å². The fraction of sp³-hybridized carbons (Fsp3) is 0.188. The van der Waals surface area contributed by atoms with E-state index in [1.165, 1.54) is 0 Å². The third-order valence-electron chi connectivity index (χ3n) is 3.08. The minimum Gasteiger partial charge on any atom is -0.460 e. The van der Waals surface area contributed by atoms with Gasteiger partial charge in [0.2, 0.25) is 0 Å². The number of hydrogen-bond donors (Lipinski definition) is 1. The van der Waals surface area contributed by atoms with Crippen molar-refractivity contribution in [3.05, 3.63) is 82.2 Å². The number of hydrogen-bond acceptors (Lipinski definition) is 4. The van der Waals surface area contributed by atoms with E-state index in [0.717, 1.165) is 5.56 Å². The first kappa shape index (κ1) is 15.6. The van der Waals surface area contributed by atoms with Crippen molar-refractivity contribution < 1.29 is 14.6 Å². The third kappa shape index (κ3) is 4.09. The molecule has 112 valence electrons. The highest BCUT2D eigenvalue weighted by molar-refractivity contribution is 5.77. The Morgan fingerprint density at radius 2 is 1.73 bits per heavy atom. The standard InChI is InChI=1S/C16H15N3O3/c17-19-18-14(15(20)13-9-5-2-6-10-13)16(21)22-11-12-7-3-1-4-8-12/h1-10,14-15,20H,11H2/t14-,15-/m0/s1. The van der Waals surface area contributed by atoms with Crippen LogP contribution in [0.1, 0.15) is 17.2 Å². The maximum atomic E-state index is 12.1. The van der Waals surface area contributed by atoms with Gasteiger partial charge in [-0.05, 0) is 16.7 Å². The number of esters is 1. The fourth-order valence-corrected chi connectivity index (χ4v) is 1.94. The van der Waals surface area contributed by atoms with Gasteiger partial charge in [0.1, 0.15) is 6.61 Å². The van der Waals surface area contributed by atoms with Gasteiger partial charge in [0, 0.05) is 4.91 Å². The van der Waals surface area contributed by atoms with Gasteiger partial charge in [-0.3, -0.25) is 4.79 Å². The van der Waals surface area contributed by atoms with E-state index in [2.05, 4.69) is 10.0 Å². The molecule has 0 amide bonds. The maximum Gasteiger partial charge on any atom is 0.318 e. The lowest BCUT2D eigenvalue weighted by atomic mass is 10.0. The third-order valence-corrected chi connectivity index (χ3v) is 3.08. The molecule has 0 spiro atoms. The van der Waals surface area contributed by atoms with Crippen molar-refractivity contribution in [2.24, 2.45) is 5.11 Å². The molecule has 0 bridgehead atoms. The number of rotatable bonds is 6. The van der Waals surface area contributed by atoms with Crippen LogP contribution in [-0.2, 0) is 16.1 Å². The van der Waals surface area contributed by atoms with Gasteiger partial charge >= 0.3 is 5.97 Å². The molecule has 1 N–H and O–H groups in total. The van der Waals surface area contributed by atoms with Gasteiger partial charge in [-0.1, -0.05) is 65.8 Å². The zero-order chi connectivity index (χ0) is 15.8. The lowest BCUT2D eigenvalue weighted by Gasteiger charge is -2.17. The second-order valence-electron chi connectivity index (χ2n) is 4.60. The molecule has 0 saturated heterocycles. The Kier molecular flexibility index (Phi) is 5.54. The quantitative estimate of drug-likeness (QED) is 0.384. The summed E-state index contributed by atoms with van der Waals surface area (Å²) in [6.07, 6.45) is -1.25. The Morgan fingerprint density at radius 1 is 1.14 bits per heavy atom. The molecule has 6 heteroatoms. The van der Waals surface area contributed by atoms with Crippen LogP contribution in [0.3, 0.4) is 0 Å². The molecule has 0 aliphatic heterocycles. The fourth-order valence-electron chi connectivity index (χ4n) is 1.94. The molecule has 6 nitrogen and oxygen atoms in total. The zero-order valence-corrected chi connectivity index (χ0v) is 11.7. The molecule has 0 heterocycles. The molecule has 0 aliphatic rings. The second-order valence-corrected chi connectivity index (χ2v) is 4.60. The van der Waals surface area contributed by atoms with Gasteiger partial charge in [0.25, 0.3) is 0 Å². The summed E-state index contributed by atoms with van der Waals surface area (Å²) in [5, 5.41) is 13.6. The molecule has 2 aromatic rings. The molecule has 0 unspecified atom stereocenters. The normalized spacial score (nSPS) is 12.8. The number of aliphatic hydroxyl groups excluding tert-OH is 1. The van der Waals surface area contributed by atoms with Crippen LogP contribution in [-0.4, -0.2) is 17.1 Å². The van der Waals surface area contributed by atoms with E-state index in [1.807, 2.05) is 30.3 Å². The maximum absolute atomic E-state index is 12.1.